The second-order valence-corrected chi connectivity index (χ2v) is 7.76. The van der Waals surface area contributed by atoms with Crippen molar-refractivity contribution >= 4 is 23.5 Å². The van der Waals surface area contributed by atoms with E-state index >= 15 is 0 Å². The summed E-state index contributed by atoms with van der Waals surface area (Å²) in [7, 11) is 0. The molecule has 17 heavy (non-hydrogen) atoms. The standard InChI is InChI=1S/C14H29NS2/c1-5-12(6-2)10-13(15-7-3)14-11(4)16-8-9-17-14/h11-15H,5-10H2,1-4H3. The summed E-state index contributed by atoms with van der Waals surface area (Å²) in [6, 6.07) is 0.720. The van der Waals surface area contributed by atoms with Gasteiger partial charge in [-0.15, -0.1) is 0 Å². The van der Waals surface area contributed by atoms with Crippen molar-refractivity contribution in [2.24, 2.45) is 5.92 Å². The van der Waals surface area contributed by atoms with Crippen LogP contribution in [-0.2, 0) is 0 Å². The molecule has 3 atom stereocenters. The summed E-state index contributed by atoms with van der Waals surface area (Å²) >= 11 is 4.36. The van der Waals surface area contributed by atoms with Crippen LogP contribution in [0.15, 0.2) is 0 Å². The Balaban J connectivity index is 2.56. The monoisotopic (exact) mass is 275 g/mol. The first-order valence-electron chi connectivity index (χ1n) is 7.19. The molecule has 1 rings (SSSR count). The predicted molar refractivity (Wildman–Crippen MR) is 84.3 cm³/mol. The zero-order valence-corrected chi connectivity index (χ0v) is 13.5. The van der Waals surface area contributed by atoms with E-state index in [4.69, 9.17) is 0 Å². The highest BCUT2D eigenvalue weighted by Crippen LogP contribution is 2.35. The van der Waals surface area contributed by atoms with Crippen LogP contribution in [0.4, 0.5) is 0 Å². The Morgan fingerprint density at radius 3 is 2.29 bits per heavy atom. The van der Waals surface area contributed by atoms with Crippen molar-refractivity contribution in [3.63, 3.8) is 0 Å². The molecule has 3 heteroatoms. The molecule has 1 N–H and O–H groups in total. The van der Waals surface area contributed by atoms with E-state index in [-0.39, 0.29) is 0 Å². The molecule has 102 valence electrons. The summed E-state index contributed by atoms with van der Waals surface area (Å²) in [5, 5.41) is 5.37. The molecular weight excluding hydrogens is 246 g/mol. The zero-order chi connectivity index (χ0) is 12.7. The van der Waals surface area contributed by atoms with Crippen LogP contribution in [0, 0.1) is 5.92 Å². The van der Waals surface area contributed by atoms with Crippen molar-refractivity contribution in [2.75, 3.05) is 18.1 Å². The summed E-state index contributed by atoms with van der Waals surface area (Å²) in [5.41, 5.74) is 0. The molecule has 0 saturated carbocycles. The molecule has 1 nitrogen and oxygen atoms in total. The molecule has 1 aliphatic rings. The lowest BCUT2D eigenvalue weighted by molar-refractivity contribution is 0.361. The van der Waals surface area contributed by atoms with E-state index in [2.05, 4.69) is 56.5 Å². The smallest absolute Gasteiger partial charge is 0.0317 e. The van der Waals surface area contributed by atoms with E-state index < -0.39 is 0 Å². The average molecular weight is 276 g/mol. The number of thioether (sulfide) groups is 2. The lowest BCUT2D eigenvalue weighted by Crippen LogP contribution is -2.45. The second kappa shape index (κ2) is 8.71. The highest BCUT2D eigenvalue weighted by molar-refractivity contribution is 8.07. The molecule has 3 unspecified atom stereocenters. The molecule has 1 heterocycles. The number of nitrogens with one attached hydrogen (secondary N) is 1. The molecule has 0 amide bonds. The Kier molecular flexibility index (Phi) is 8.05. The van der Waals surface area contributed by atoms with Crippen LogP contribution in [0.2, 0.25) is 0 Å². The van der Waals surface area contributed by atoms with Gasteiger partial charge in [-0.3, -0.25) is 0 Å². The fourth-order valence-corrected chi connectivity index (χ4v) is 5.64. The Labute approximate surface area is 116 Å². The van der Waals surface area contributed by atoms with E-state index in [1.54, 1.807) is 0 Å². The first-order valence-corrected chi connectivity index (χ1v) is 9.29. The van der Waals surface area contributed by atoms with Crippen LogP contribution in [0.1, 0.15) is 47.0 Å². The van der Waals surface area contributed by atoms with Gasteiger partial charge >= 0.3 is 0 Å². The van der Waals surface area contributed by atoms with Gasteiger partial charge in [0.25, 0.3) is 0 Å². The Bertz CT molecular complexity index is 195. The summed E-state index contributed by atoms with van der Waals surface area (Å²) in [5.74, 6) is 3.58. The van der Waals surface area contributed by atoms with Crippen molar-refractivity contribution in [1.82, 2.24) is 5.32 Å². The van der Waals surface area contributed by atoms with E-state index in [9.17, 15) is 0 Å². The number of rotatable bonds is 7. The van der Waals surface area contributed by atoms with Crippen LogP contribution >= 0.6 is 23.5 Å². The van der Waals surface area contributed by atoms with Gasteiger partial charge in [0.1, 0.15) is 0 Å². The zero-order valence-electron chi connectivity index (χ0n) is 11.9. The fourth-order valence-electron chi connectivity index (χ4n) is 2.67. The summed E-state index contributed by atoms with van der Waals surface area (Å²) in [4.78, 5) is 0. The van der Waals surface area contributed by atoms with Crippen LogP contribution in [0.3, 0.4) is 0 Å². The largest absolute Gasteiger partial charge is 0.313 e. The van der Waals surface area contributed by atoms with Crippen LogP contribution < -0.4 is 5.32 Å². The lowest BCUT2D eigenvalue weighted by atomic mass is 9.92. The van der Waals surface area contributed by atoms with Gasteiger partial charge in [0.15, 0.2) is 0 Å². The maximum atomic E-state index is 3.75. The molecule has 1 aliphatic heterocycles. The molecule has 0 aromatic heterocycles. The quantitative estimate of drug-likeness (QED) is 0.753. The third-order valence-electron chi connectivity index (χ3n) is 3.84. The van der Waals surface area contributed by atoms with E-state index in [0.29, 0.717) is 0 Å². The van der Waals surface area contributed by atoms with Gasteiger partial charge in [-0.2, -0.15) is 23.5 Å². The van der Waals surface area contributed by atoms with Gasteiger partial charge in [-0.05, 0) is 18.9 Å². The Morgan fingerprint density at radius 1 is 1.12 bits per heavy atom. The van der Waals surface area contributed by atoms with Crippen molar-refractivity contribution in [3.05, 3.63) is 0 Å². The van der Waals surface area contributed by atoms with Crippen LogP contribution in [-0.4, -0.2) is 34.6 Å². The molecule has 1 fully saturated rings. The fraction of sp³-hybridized carbons (Fsp3) is 1.00. The van der Waals surface area contributed by atoms with Crippen molar-refractivity contribution < 1.29 is 0 Å². The van der Waals surface area contributed by atoms with Crippen molar-refractivity contribution in [3.8, 4) is 0 Å². The van der Waals surface area contributed by atoms with Gasteiger partial charge in [0.05, 0.1) is 0 Å². The summed E-state index contributed by atoms with van der Waals surface area (Å²) in [6.45, 7) is 10.4. The van der Waals surface area contributed by atoms with Gasteiger partial charge in [-0.1, -0.05) is 40.5 Å². The highest BCUT2D eigenvalue weighted by atomic mass is 32.2. The molecule has 0 radical (unpaired) electrons. The molecular formula is C14H29NS2. The maximum Gasteiger partial charge on any atom is 0.0317 e. The van der Waals surface area contributed by atoms with Crippen LogP contribution in [0.25, 0.3) is 0 Å². The van der Waals surface area contributed by atoms with E-state index in [0.717, 1.165) is 29.0 Å². The van der Waals surface area contributed by atoms with Crippen LogP contribution in [0.5, 0.6) is 0 Å². The molecule has 0 bridgehead atoms. The third-order valence-corrected chi connectivity index (χ3v) is 7.09. The molecule has 1 saturated heterocycles. The topological polar surface area (TPSA) is 12.0 Å². The normalized spacial score (nSPS) is 27.4. The van der Waals surface area contributed by atoms with Gasteiger partial charge < -0.3 is 5.32 Å². The minimum absolute atomic E-state index is 0.720. The summed E-state index contributed by atoms with van der Waals surface area (Å²) < 4.78 is 0. The third kappa shape index (κ3) is 5.04. The first-order chi connectivity index (χ1) is 8.22. The number of hydrogen-bond donors (Lipinski definition) is 1. The molecule has 0 aromatic carbocycles. The van der Waals surface area contributed by atoms with Crippen molar-refractivity contribution in [1.29, 1.82) is 0 Å². The van der Waals surface area contributed by atoms with Gasteiger partial charge in [0, 0.05) is 28.0 Å². The van der Waals surface area contributed by atoms with E-state index in [1.165, 1.54) is 30.8 Å². The summed E-state index contributed by atoms with van der Waals surface area (Å²) in [6.07, 6.45) is 4.03. The lowest BCUT2D eigenvalue weighted by Gasteiger charge is -2.36. The SMILES string of the molecule is CCNC(CC(CC)CC)C1SCCSC1C. The minimum Gasteiger partial charge on any atom is -0.313 e. The Hall–Kier alpha value is 0.660. The minimum atomic E-state index is 0.720. The first kappa shape index (κ1) is 15.7. The second-order valence-electron chi connectivity index (χ2n) is 4.99. The van der Waals surface area contributed by atoms with Crippen molar-refractivity contribution in [2.45, 2.75) is 63.5 Å². The maximum absolute atomic E-state index is 3.75. The van der Waals surface area contributed by atoms with Gasteiger partial charge in [0.2, 0.25) is 0 Å². The Morgan fingerprint density at radius 2 is 1.76 bits per heavy atom. The number of hydrogen-bond acceptors (Lipinski definition) is 3. The average Bonchev–Trinajstić information content (AvgIpc) is 2.35. The van der Waals surface area contributed by atoms with E-state index in [1.807, 2.05) is 0 Å². The van der Waals surface area contributed by atoms with Gasteiger partial charge in [-0.25, -0.2) is 0 Å². The molecule has 0 aromatic rings. The molecule has 0 aliphatic carbocycles. The predicted octanol–water partition coefficient (Wildman–Crippen LogP) is 4.03. The molecule has 0 spiro atoms. The highest BCUT2D eigenvalue weighted by Gasteiger charge is 2.30.